The third-order valence-corrected chi connectivity index (χ3v) is 2.90. The molecule has 0 aliphatic carbocycles. The second-order valence-electron chi connectivity index (χ2n) is 4.50. The third-order valence-electron chi connectivity index (χ3n) is 2.90. The van der Waals surface area contributed by atoms with Crippen LogP contribution in [-0.4, -0.2) is 18.6 Å². The molecule has 1 N–H and O–H groups in total. The van der Waals surface area contributed by atoms with E-state index in [0.717, 1.165) is 24.1 Å². The first-order valence-electron chi connectivity index (χ1n) is 6.61. The molecule has 3 heteroatoms. The number of carbonyl (C=O) groups excluding carboxylic acids is 1. The predicted molar refractivity (Wildman–Crippen MR) is 74.9 cm³/mol. The molecule has 0 aliphatic heterocycles. The molecule has 0 heterocycles. The van der Waals surface area contributed by atoms with E-state index in [-0.39, 0.29) is 12.0 Å². The highest BCUT2D eigenvalue weighted by Crippen LogP contribution is 2.22. The highest BCUT2D eigenvalue weighted by molar-refractivity contribution is 5.79. The van der Waals surface area contributed by atoms with Gasteiger partial charge in [-0.2, -0.15) is 0 Å². The minimum Gasteiger partial charge on any atom is -0.464 e. The summed E-state index contributed by atoms with van der Waals surface area (Å²) in [5, 5.41) is 3.26. The Balaban J connectivity index is 2.75. The molecule has 1 unspecified atom stereocenters. The van der Waals surface area contributed by atoms with Crippen LogP contribution >= 0.6 is 0 Å². The Morgan fingerprint density at radius 3 is 2.72 bits per heavy atom. The van der Waals surface area contributed by atoms with E-state index in [4.69, 9.17) is 4.74 Å². The minimum absolute atomic E-state index is 0.192. The number of nitrogens with one attached hydrogen (secondary N) is 1. The van der Waals surface area contributed by atoms with Crippen LogP contribution in [0.3, 0.4) is 0 Å². The Morgan fingerprint density at radius 1 is 1.39 bits per heavy atom. The molecule has 0 aliphatic rings. The molecule has 1 aromatic rings. The summed E-state index contributed by atoms with van der Waals surface area (Å²) in [5.41, 5.74) is 3.44. The molecule has 0 fully saturated rings. The van der Waals surface area contributed by atoms with E-state index in [0.29, 0.717) is 6.61 Å². The summed E-state index contributed by atoms with van der Waals surface area (Å²) in [6.45, 7) is 8.47. The van der Waals surface area contributed by atoms with Crippen molar-refractivity contribution in [3.05, 3.63) is 29.3 Å². The van der Waals surface area contributed by atoms with Crippen molar-refractivity contribution in [1.82, 2.24) is 0 Å². The Kier molecular flexibility index (Phi) is 5.69. The third kappa shape index (κ3) is 3.76. The fourth-order valence-electron chi connectivity index (χ4n) is 1.83. The first-order valence-corrected chi connectivity index (χ1v) is 6.61. The lowest BCUT2D eigenvalue weighted by atomic mass is 10.1. The molecule has 18 heavy (non-hydrogen) atoms. The second-order valence-corrected chi connectivity index (χ2v) is 4.50. The number of carbonyl (C=O) groups is 1. The summed E-state index contributed by atoms with van der Waals surface area (Å²) >= 11 is 0. The van der Waals surface area contributed by atoms with Gasteiger partial charge in [0.1, 0.15) is 6.04 Å². The fraction of sp³-hybridized carbons (Fsp3) is 0.533. The highest BCUT2D eigenvalue weighted by Gasteiger charge is 2.16. The first kappa shape index (κ1) is 14.6. The van der Waals surface area contributed by atoms with Crippen LogP contribution in [0.5, 0.6) is 0 Å². The van der Waals surface area contributed by atoms with Gasteiger partial charge in [0.15, 0.2) is 0 Å². The van der Waals surface area contributed by atoms with Gasteiger partial charge in [0.05, 0.1) is 6.61 Å². The molecule has 100 valence electrons. The van der Waals surface area contributed by atoms with Gasteiger partial charge in [-0.25, -0.2) is 4.79 Å². The molecule has 0 saturated carbocycles. The van der Waals surface area contributed by atoms with Crippen molar-refractivity contribution in [1.29, 1.82) is 0 Å². The number of hydrogen-bond donors (Lipinski definition) is 1. The molecular weight excluding hydrogens is 226 g/mol. The molecule has 0 saturated heterocycles. The number of para-hydroxylation sites is 1. The minimum atomic E-state index is -0.317. The monoisotopic (exact) mass is 249 g/mol. The molecule has 1 atom stereocenters. The van der Waals surface area contributed by atoms with E-state index in [1.807, 2.05) is 32.9 Å². The van der Waals surface area contributed by atoms with E-state index < -0.39 is 0 Å². The molecule has 0 amide bonds. The number of ether oxygens (including phenoxy) is 1. The second kappa shape index (κ2) is 7.04. The smallest absolute Gasteiger partial charge is 0.328 e. The van der Waals surface area contributed by atoms with Gasteiger partial charge >= 0.3 is 5.97 Å². The van der Waals surface area contributed by atoms with Crippen molar-refractivity contribution >= 4 is 11.7 Å². The number of esters is 1. The van der Waals surface area contributed by atoms with Gasteiger partial charge in [0.25, 0.3) is 0 Å². The molecule has 0 radical (unpaired) electrons. The van der Waals surface area contributed by atoms with Gasteiger partial charge in [-0.3, -0.25) is 0 Å². The Bertz CT molecular complexity index is 401. The molecular formula is C15H23NO2. The first-order chi connectivity index (χ1) is 8.60. The number of aryl methyl sites for hydroxylation is 2. The zero-order valence-electron chi connectivity index (χ0n) is 11.7. The largest absolute Gasteiger partial charge is 0.464 e. The summed E-state index contributed by atoms with van der Waals surface area (Å²) < 4.78 is 5.14. The highest BCUT2D eigenvalue weighted by atomic mass is 16.5. The van der Waals surface area contributed by atoms with Crippen molar-refractivity contribution in [2.24, 2.45) is 0 Å². The van der Waals surface area contributed by atoms with Gasteiger partial charge in [0, 0.05) is 5.69 Å². The van der Waals surface area contributed by atoms with Crippen molar-refractivity contribution in [2.75, 3.05) is 11.9 Å². The van der Waals surface area contributed by atoms with Crippen LogP contribution in [0.4, 0.5) is 5.69 Å². The average Bonchev–Trinajstić information content (AvgIpc) is 2.38. The summed E-state index contributed by atoms with van der Waals surface area (Å²) in [5.74, 6) is -0.192. The van der Waals surface area contributed by atoms with Crippen molar-refractivity contribution < 1.29 is 9.53 Å². The van der Waals surface area contributed by atoms with E-state index in [2.05, 4.69) is 18.3 Å². The SMILES string of the molecule is CCCOC(=O)C(C)Nc1c(C)cccc1CC. The normalized spacial score (nSPS) is 12.0. The predicted octanol–water partition coefficient (Wildman–Crippen LogP) is 3.31. The van der Waals surface area contributed by atoms with Crippen molar-refractivity contribution in [2.45, 2.75) is 46.6 Å². The van der Waals surface area contributed by atoms with E-state index >= 15 is 0 Å². The standard InChI is InChI=1S/C15H23NO2/c1-5-10-18-15(17)12(4)16-14-11(3)8-7-9-13(14)6-2/h7-9,12,16H,5-6,10H2,1-4H3. The maximum Gasteiger partial charge on any atom is 0.328 e. The van der Waals surface area contributed by atoms with Gasteiger partial charge in [-0.05, 0) is 37.8 Å². The summed E-state index contributed by atoms with van der Waals surface area (Å²) in [6.07, 6.45) is 1.80. The Labute approximate surface area is 110 Å². The van der Waals surface area contributed by atoms with Crippen molar-refractivity contribution in [3.63, 3.8) is 0 Å². The molecule has 1 aromatic carbocycles. The number of rotatable bonds is 6. The average molecular weight is 249 g/mol. The van der Waals surface area contributed by atoms with Gasteiger partial charge < -0.3 is 10.1 Å². The number of benzene rings is 1. The summed E-state index contributed by atoms with van der Waals surface area (Å²) in [7, 11) is 0. The van der Waals surface area contributed by atoms with Gasteiger partial charge in [0.2, 0.25) is 0 Å². The van der Waals surface area contributed by atoms with E-state index in [1.54, 1.807) is 0 Å². The number of anilines is 1. The molecule has 0 spiro atoms. The molecule has 0 bridgehead atoms. The quantitative estimate of drug-likeness (QED) is 0.786. The van der Waals surface area contributed by atoms with E-state index in [1.165, 1.54) is 5.56 Å². The number of hydrogen-bond acceptors (Lipinski definition) is 3. The van der Waals surface area contributed by atoms with Crippen LogP contribution in [0.25, 0.3) is 0 Å². The van der Waals surface area contributed by atoms with Crippen LogP contribution in [0, 0.1) is 6.92 Å². The fourth-order valence-corrected chi connectivity index (χ4v) is 1.83. The van der Waals surface area contributed by atoms with Crippen LogP contribution in [-0.2, 0) is 16.0 Å². The summed E-state index contributed by atoms with van der Waals surface area (Å²) in [4.78, 5) is 11.7. The van der Waals surface area contributed by atoms with Crippen LogP contribution < -0.4 is 5.32 Å². The van der Waals surface area contributed by atoms with Crippen LogP contribution in [0.1, 0.15) is 38.3 Å². The lowest BCUT2D eigenvalue weighted by Gasteiger charge is -2.18. The summed E-state index contributed by atoms with van der Waals surface area (Å²) in [6, 6.07) is 5.85. The maximum atomic E-state index is 11.7. The molecule has 3 nitrogen and oxygen atoms in total. The van der Waals surface area contributed by atoms with Gasteiger partial charge in [-0.1, -0.05) is 32.0 Å². The van der Waals surface area contributed by atoms with Crippen LogP contribution in [0.15, 0.2) is 18.2 Å². The van der Waals surface area contributed by atoms with Gasteiger partial charge in [-0.15, -0.1) is 0 Å². The lowest BCUT2D eigenvalue weighted by Crippen LogP contribution is -2.29. The lowest BCUT2D eigenvalue weighted by molar-refractivity contribution is -0.144. The zero-order valence-corrected chi connectivity index (χ0v) is 11.7. The Hall–Kier alpha value is -1.51. The molecule has 1 rings (SSSR count). The molecule has 0 aromatic heterocycles. The van der Waals surface area contributed by atoms with E-state index in [9.17, 15) is 4.79 Å². The Morgan fingerprint density at radius 2 is 2.11 bits per heavy atom. The van der Waals surface area contributed by atoms with Crippen LogP contribution in [0.2, 0.25) is 0 Å². The topological polar surface area (TPSA) is 38.3 Å². The zero-order chi connectivity index (χ0) is 13.5. The maximum absolute atomic E-state index is 11.7. The van der Waals surface area contributed by atoms with Crippen molar-refractivity contribution in [3.8, 4) is 0 Å².